The van der Waals surface area contributed by atoms with Crippen LogP contribution < -0.4 is 11.0 Å². The molecule has 16 heavy (non-hydrogen) atoms. The molecule has 0 fully saturated rings. The summed E-state index contributed by atoms with van der Waals surface area (Å²) in [5.74, 6) is 0. The Balaban J connectivity index is 2.72. The van der Waals surface area contributed by atoms with Gasteiger partial charge in [-0.15, -0.1) is 0 Å². The SMILES string of the molecule is O=c1c2ccccc2[nH]c2c(=O)[nH]ncc12. The van der Waals surface area contributed by atoms with Crippen LogP contribution in [0.15, 0.2) is 40.1 Å². The van der Waals surface area contributed by atoms with Crippen molar-refractivity contribution in [2.45, 2.75) is 0 Å². The lowest BCUT2D eigenvalue weighted by Crippen LogP contribution is -2.15. The lowest BCUT2D eigenvalue weighted by atomic mass is 10.1. The maximum absolute atomic E-state index is 12.0. The smallest absolute Gasteiger partial charge is 0.288 e. The van der Waals surface area contributed by atoms with Gasteiger partial charge in [-0.3, -0.25) is 9.59 Å². The predicted octanol–water partition coefficient (Wildman–Crippen LogP) is 0.765. The molecule has 0 radical (unpaired) electrons. The van der Waals surface area contributed by atoms with E-state index >= 15 is 0 Å². The van der Waals surface area contributed by atoms with Crippen molar-refractivity contribution in [2.75, 3.05) is 0 Å². The minimum atomic E-state index is -0.389. The van der Waals surface area contributed by atoms with E-state index < -0.39 is 0 Å². The van der Waals surface area contributed by atoms with Crippen LogP contribution in [-0.4, -0.2) is 15.2 Å². The molecule has 0 aliphatic heterocycles. The molecule has 3 rings (SSSR count). The lowest BCUT2D eigenvalue weighted by Gasteiger charge is -2.00. The van der Waals surface area contributed by atoms with Crippen LogP contribution in [0, 0.1) is 0 Å². The fraction of sp³-hybridized carbons (Fsp3) is 0. The van der Waals surface area contributed by atoms with Crippen molar-refractivity contribution in [3.63, 3.8) is 0 Å². The molecular formula is C11H7N3O2. The molecule has 78 valence electrons. The molecule has 0 saturated carbocycles. The van der Waals surface area contributed by atoms with Gasteiger partial charge in [0.25, 0.3) is 5.56 Å². The number of nitrogens with one attached hydrogen (secondary N) is 2. The Morgan fingerprint density at radius 2 is 1.88 bits per heavy atom. The summed E-state index contributed by atoms with van der Waals surface area (Å²) >= 11 is 0. The molecule has 0 amide bonds. The normalized spacial score (nSPS) is 11.0. The van der Waals surface area contributed by atoms with Crippen LogP contribution in [0.1, 0.15) is 0 Å². The highest BCUT2D eigenvalue weighted by molar-refractivity contribution is 5.91. The van der Waals surface area contributed by atoms with Gasteiger partial charge in [0.15, 0.2) is 5.43 Å². The van der Waals surface area contributed by atoms with E-state index in [0.717, 1.165) is 0 Å². The molecule has 2 heterocycles. The Hall–Kier alpha value is -2.43. The number of aromatic nitrogens is 3. The quantitative estimate of drug-likeness (QED) is 0.541. The minimum absolute atomic E-state index is 0.178. The molecule has 1 aromatic carbocycles. The second-order valence-corrected chi connectivity index (χ2v) is 3.49. The predicted molar refractivity (Wildman–Crippen MR) is 60.5 cm³/mol. The highest BCUT2D eigenvalue weighted by Gasteiger charge is 2.06. The van der Waals surface area contributed by atoms with Crippen LogP contribution in [0.25, 0.3) is 21.8 Å². The van der Waals surface area contributed by atoms with Gasteiger partial charge in [0.1, 0.15) is 5.52 Å². The molecule has 0 bridgehead atoms. The van der Waals surface area contributed by atoms with Gasteiger partial charge in [0.2, 0.25) is 0 Å². The number of rotatable bonds is 0. The molecule has 0 spiro atoms. The van der Waals surface area contributed by atoms with Gasteiger partial charge in [0, 0.05) is 10.9 Å². The first-order chi connectivity index (χ1) is 7.77. The van der Waals surface area contributed by atoms with Gasteiger partial charge >= 0.3 is 0 Å². The zero-order valence-electron chi connectivity index (χ0n) is 8.15. The van der Waals surface area contributed by atoms with Crippen molar-refractivity contribution < 1.29 is 0 Å². The van der Waals surface area contributed by atoms with Crippen molar-refractivity contribution in [3.8, 4) is 0 Å². The summed E-state index contributed by atoms with van der Waals surface area (Å²) in [6.07, 6.45) is 1.36. The van der Waals surface area contributed by atoms with Crippen LogP contribution in [0.5, 0.6) is 0 Å². The third kappa shape index (κ3) is 1.08. The average Bonchev–Trinajstić information content (AvgIpc) is 2.31. The number of aromatic amines is 2. The van der Waals surface area contributed by atoms with E-state index in [2.05, 4.69) is 15.2 Å². The highest BCUT2D eigenvalue weighted by Crippen LogP contribution is 2.09. The van der Waals surface area contributed by atoms with Gasteiger partial charge in [-0.25, -0.2) is 5.10 Å². The molecule has 3 aromatic rings. The molecule has 2 N–H and O–H groups in total. The summed E-state index contributed by atoms with van der Waals surface area (Å²) in [4.78, 5) is 26.4. The van der Waals surface area contributed by atoms with Gasteiger partial charge in [0.05, 0.1) is 11.6 Å². The van der Waals surface area contributed by atoms with E-state index in [1.54, 1.807) is 24.3 Å². The van der Waals surface area contributed by atoms with Crippen LogP contribution in [-0.2, 0) is 0 Å². The maximum Gasteiger partial charge on any atom is 0.288 e. The van der Waals surface area contributed by atoms with Crippen LogP contribution >= 0.6 is 0 Å². The number of H-pyrrole nitrogens is 2. The minimum Gasteiger partial charge on any atom is -0.350 e. The largest absolute Gasteiger partial charge is 0.350 e. The van der Waals surface area contributed by atoms with Crippen molar-refractivity contribution in [2.24, 2.45) is 0 Å². The van der Waals surface area contributed by atoms with Gasteiger partial charge < -0.3 is 4.98 Å². The number of hydrogen-bond acceptors (Lipinski definition) is 3. The fourth-order valence-electron chi connectivity index (χ4n) is 1.76. The zero-order chi connectivity index (χ0) is 11.1. The van der Waals surface area contributed by atoms with Gasteiger partial charge in [-0.2, -0.15) is 5.10 Å². The molecule has 5 heteroatoms. The molecule has 0 aliphatic carbocycles. The average molecular weight is 213 g/mol. The van der Waals surface area contributed by atoms with Crippen molar-refractivity contribution in [1.82, 2.24) is 15.2 Å². The second-order valence-electron chi connectivity index (χ2n) is 3.49. The summed E-state index contributed by atoms with van der Waals surface area (Å²) in [7, 11) is 0. The Morgan fingerprint density at radius 3 is 2.75 bits per heavy atom. The second kappa shape index (κ2) is 3.03. The molecular weight excluding hydrogens is 206 g/mol. The number of fused-ring (bicyclic) bond motifs is 2. The lowest BCUT2D eigenvalue weighted by molar-refractivity contribution is 1.00. The third-order valence-corrected chi connectivity index (χ3v) is 2.53. The van der Waals surface area contributed by atoms with Crippen LogP contribution in [0.3, 0.4) is 0 Å². The van der Waals surface area contributed by atoms with E-state index in [4.69, 9.17) is 0 Å². The molecule has 0 unspecified atom stereocenters. The van der Waals surface area contributed by atoms with Crippen LogP contribution in [0.2, 0.25) is 0 Å². The first-order valence-electron chi connectivity index (χ1n) is 4.76. The van der Waals surface area contributed by atoms with Crippen molar-refractivity contribution in [3.05, 3.63) is 51.0 Å². The van der Waals surface area contributed by atoms with E-state index in [1.807, 2.05) is 0 Å². The fourth-order valence-corrected chi connectivity index (χ4v) is 1.76. The van der Waals surface area contributed by atoms with Crippen molar-refractivity contribution >= 4 is 21.8 Å². The molecule has 0 aliphatic rings. The Kier molecular flexibility index (Phi) is 1.67. The summed E-state index contributed by atoms with van der Waals surface area (Å²) in [6.45, 7) is 0. The zero-order valence-corrected chi connectivity index (χ0v) is 8.15. The first kappa shape index (κ1) is 8.84. The maximum atomic E-state index is 12.0. The number of benzene rings is 1. The molecule has 0 atom stereocenters. The molecule has 5 nitrogen and oxygen atoms in total. The summed E-state index contributed by atoms with van der Waals surface area (Å²) in [6, 6.07) is 7.06. The third-order valence-electron chi connectivity index (χ3n) is 2.53. The van der Waals surface area contributed by atoms with E-state index in [1.165, 1.54) is 6.20 Å². The molecule has 0 saturated heterocycles. The number of nitrogens with zero attached hydrogens (tertiary/aromatic N) is 1. The van der Waals surface area contributed by atoms with Gasteiger partial charge in [-0.05, 0) is 12.1 Å². The summed E-state index contributed by atoms with van der Waals surface area (Å²) in [5, 5.41) is 6.78. The van der Waals surface area contributed by atoms with Gasteiger partial charge in [-0.1, -0.05) is 12.1 Å². The number of hydrogen-bond donors (Lipinski definition) is 2. The Morgan fingerprint density at radius 1 is 1.06 bits per heavy atom. The van der Waals surface area contributed by atoms with Crippen LogP contribution in [0.4, 0.5) is 0 Å². The summed E-state index contributed by atoms with van der Waals surface area (Å²) in [5.41, 5.74) is 0.346. The topological polar surface area (TPSA) is 78.6 Å². The van der Waals surface area contributed by atoms with E-state index in [-0.39, 0.29) is 16.5 Å². The Bertz CT molecular complexity index is 801. The summed E-state index contributed by atoms with van der Waals surface area (Å²) < 4.78 is 0. The molecule has 2 aromatic heterocycles. The van der Waals surface area contributed by atoms with E-state index in [9.17, 15) is 9.59 Å². The monoisotopic (exact) mass is 213 g/mol. The van der Waals surface area contributed by atoms with Crippen molar-refractivity contribution in [1.29, 1.82) is 0 Å². The van der Waals surface area contributed by atoms with E-state index in [0.29, 0.717) is 16.3 Å². The highest BCUT2D eigenvalue weighted by atomic mass is 16.1. The first-order valence-corrected chi connectivity index (χ1v) is 4.76. The number of para-hydroxylation sites is 1. The Labute approximate surface area is 88.7 Å². The number of pyridine rings is 1. The standard InChI is InChI=1S/C11H7N3O2/c15-10-6-3-1-2-4-8(6)13-9-7(10)5-12-14-11(9)16/h1-5H,(H,13,15)(H,14,16).